The lowest BCUT2D eigenvalue weighted by Gasteiger charge is -2.42. The van der Waals surface area contributed by atoms with Gasteiger partial charge in [-0.1, -0.05) is 25.1 Å². The van der Waals surface area contributed by atoms with Gasteiger partial charge in [-0.3, -0.25) is 4.90 Å². The van der Waals surface area contributed by atoms with Crippen LogP contribution in [0.4, 0.5) is 0 Å². The third kappa shape index (κ3) is 2.84. The molecule has 2 atom stereocenters. The van der Waals surface area contributed by atoms with Gasteiger partial charge < -0.3 is 9.84 Å². The van der Waals surface area contributed by atoms with E-state index in [4.69, 9.17) is 4.74 Å². The molecule has 0 spiro atoms. The molecular formula is C17H27NO2. The van der Waals surface area contributed by atoms with E-state index in [9.17, 15) is 5.11 Å². The first-order valence-electron chi connectivity index (χ1n) is 7.78. The number of nitrogens with zero attached hydrogens (tertiary/aromatic N) is 1. The third-order valence-electron chi connectivity index (χ3n) is 4.65. The Kier molecular flexibility index (Phi) is 5.06. The number of hydrogen-bond acceptors (Lipinski definition) is 3. The van der Waals surface area contributed by atoms with Gasteiger partial charge in [0.1, 0.15) is 11.9 Å². The molecule has 0 bridgehead atoms. The molecule has 0 amide bonds. The Balaban J connectivity index is 2.30. The van der Waals surface area contributed by atoms with Gasteiger partial charge in [0.2, 0.25) is 0 Å². The van der Waals surface area contributed by atoms with Crippen molar-refractivity contribution in [3.8, 4) is 5.75 Å². The van der Waals surface area contributed by atoms with Crippen LogP contribution in [0.5, 0.6) is 5.75 Å². The molecule has 1 fully saturated rings. The van der Waals surface area contributed by atoms with Crippen molar-refractivity contribution in [2.45, 2.75) is 51.7 Å². The summed E-state index contributed by atoms with van der Waals surface area (Å²) in [5.41, 5.74) is 0.689. The number of benzene rings is 1. The predicted molar refractivity (Wildman–Crippen MR) is 82.1 cm³/mol. The average Bonchev–Trinajstić information content (AvgIpc) is 3.01. The van der Waals surface area contributed by atoms with Crippen LogP contribution in [-0.4, -0.2) is 35.2 Å². The largest absolute Gasteiger partial charge is 0.493 e. The Bertz CT molecular complexity index is 429. The zero-order valence-corrected chi connectivity index (χ0v) is 12.9. The van der Waals surface area contributed by atoms with E-state index in [0.29, 0.717) is 6.61 Å². The first-order chi connectivity index (χ1) is 9.63. The van der Waals surface area contributed by atoms with Crippen molar-refractivity contribution in [2.24, 2.45) is 0 Å². The number of ether oxygens (including phenoxy) is 1. The van der Waals surface area contributed by atoms with Crippen LogP contribution < -0.4 is 4.74 Å². The van der Waals surface area contributed by atoms with Crippen LogP contribution in [0.2, 0.25) is 0 Å². The zero-order valence-electron chi connectivity index (χ0n) is 12.9. The summed E-state index contributed by atoms with van der Waals surface area (Å²) in [5, 5.41) is 11.0. The summed E-state index contributed by atoms with van der Waals surface area (Å²) < 4.78 is 5.68. The highest BCUT2D eigenvalue weighted by Gasteiger charge is 2.40. The van der Waals surface area contributed by atoms with E-state index in [1.165, 1.54) is 12.8 Å². The maximum atomic E-state index is 11.0. The van der Waals surface area contributed by atoms with Crippen molar-refractivity contribution >= 4 is 0 Å². The lowest BCUT2D eigenvalue weighted by atomic mass is 9.85. The Morgan fingerprint density at radius 2 is 1.90 bits per heavy atom. The topological polar surface area (TPSA) is 32.7 Å². The standard InChI is InChI=1S/C17H27NO2/c1-4-17(3,18-12-8-9-13-18)16(19)14-10-6-7-11-15(14)20-5-2/h6-7,10-11,16,19H,4-5,8-9,12-13H2,1-3H3. The van der Waals surface area contributed by atoms with Gasteiger partial charge in [0.25, 0.3) is 0 Å². The molecule has 112 valence electrons. The van der Waals surface area contributed by atoms with E-state index in [1.807, 2.05) is 31.2 Å². The van der Waals surface area contributed by atoms with Crippen LogP contribution in [-0.2, 0) is 0 Å². The van der Waals surface area contributed by atoms with E-state index in [-0.39, 0.29) is 5.54 Å². The first-order valence-corrected chi connectivity index (χ1v) is 7.78. The molecule has 1 aliphatic heterocycles. The maximum absolute atomic E-state index is 11.0. The van der Waals surface area contributed by atoms with E-state index in [2.05, 4.69) is 18.7 Å². The van der Waals surface area contributed by atoms with E-state index >= 15 is 0 Å². The van der Waals surface area contributed by atoms with Crippen LogP contribution >= 0.6 is 0 Å². The molecule has 1 aromatic carbocycles. The summed E-state index contributed by atoms with van der Waals surface area (Å²) in [4.78, 5) is 2.43. The van der Waals surface area contributed by atoms with Gasteiger partial charge in [-0.2, -0.15) is 0 Å². The van der Waals surface area contributed by atoms with E-state index < -0.39 is 6.10 Å². The van der Waals surface area contributed by atoms with Crippen LogP contribution in [0.15, 0.2) is 24.3 Å². The van der Waals surface area contributed by atoms with Crippen LogP contribution in [0.1, 0.15) is 51.7 Å². The number of para-hydroxylation sites is 1. The Morgan fingerprint density at radius 1 is 1.25 bits per heavy atom. The molecule has 3 heteroatoms. The molecule has 1 aliphatic rings. The number of aliphatic hydroxyl groups is 1. The predicted octanol–water partition coefficient (Wildman–Crippen LogP) is 3.38. The highest BCUT2D eigenvalue weighted by Crippen LogP contribution is 2.39. The molecule has 1 heterocycles. The lowest BCUT2D eigenvalue weighted by molar-refractivity contribution is -0.0153. The summed E-state index contributed by atoms with van der Waals surface area (Å²) >= 11 is 0. The number of likely N-dealkylation sites (tertiary alicyclic amines) is 1. The molecule has 20 heavy (non-hydrogen) atoms. The normalized spacial score (nSPS) is 20.6. The van der Waals surface area contributed by atoms with Crippen LogP contribution in [0.3, 0.4) is 0 Å². The monoisotopic (exact) mass is 277 g/mol. The zero-order chi connectivity index (χ0) is 14.6. The van der Waals surface area contributed by atoms with E-state index in [0.717, 1.165) is 30.8 Å². The van der Waals surface area contributed by atoms with Crippen molar-refractivity contribution in [3.05, 3.63) is 29.8 Å². The van der Waals surface area contributed by atoms with Crippen LogP contribution in [0, 0.1) is 0 Å². The second kappa shape index (κ2) is 6.59. The molecule has 0 aromatic heterocycles. The average molecular weight is 277 g/mol. The second-order valence-corrected chi connectivity index (χ2v) is 5.78. The number of hydrogen-bond donors (Lipinski definition) is 1. The van der Waals surface area contributed by atoms with Gasteiger partial charge in [0, 0.05) is 11.1 Å². The molecule has 3 nitrogen and oxygen atoms in total. The minimum atomic E-state index is -0.520. The summed E-state index contributed by atoms with van der Waals surface area (Å²) in [5.74, 6) is 0.807. The van der Waals surface area contributed by atoms with Crippen molar-refractivity contribution < 1.29 is 9.84 Å². The fourth-order valence-corrected chi connectivity index (χ4v) is 3.15. The minimum absolute atomic E-state index is 0.219. The first kappa shape index (κ1) is 15.3. The quantitative estimate of drug-likeness (QED) is 0.865. The number of rotatable bonds is 6. The van der Waals surface area contributed by atoms with Crippen molar-refractivity contribution in [3.63, 3.8) is 0 Å². The van der Waals surface area contributed by atoms with E-state index in [1.54, 1.807) is 0 Å². The Morgan fingerprint density at radius 3 is 2.50 bits per heavy atom. The van der Waals surface area contributed by atoms with Gasteiger partial charge in [-0.15, -0.1) is 0 Å². The smallest absolute Gasteiger partial charge is 0.125 e. The summed E-state index contributed by atoms with van der Waals surface area (Å²) in [6, 6.07) is 7.86. The molecule has 2 rings (SSSR count). The molecule has 1 N–H and O–H groups in total. The van der Waals surface area contributed by atoms with Crippen molar-refractivity contribution in [2.75, 3.05) is 19.7 Å². The maximum Gasteiger partial charge on any atom is 0.125 e. The molecule has 1 saturated heterocycles. The van der Waals surface area contributed by atoms with Gasteiger partial charge in [0.15, 0.2) is 0 Å². The number of aliphatic hydroxyl groups excluding tert-OH is 1. The lowest BCUT2D eigenvalue weighted by Crippen LogP contribution is -2.49. The summed E-state index contributed by atoms with van der Waals surface area (Å²) in [6.07, 6.45) is 2.87. The Hall–Kier alpha value is -1.06. The highest BCUT2D eigenvalue weighted by molar-refractivity contribution is 5.37. The van der Waals surface area contributed by atoms with Gasteiger partial charge >= 0.3 is 0 Å². The van der Waals surface area contributed by atoms with Gasteiger partial charge in [-0.05, 0) is 52.3 Å². The highest BCUT2D eigenvalue weighted by atomic mass is 16.5. The molecule has 2 unspecified atom stereocenters. The molecule has 0 saturated carbocycles. The molecule has 1 aromatic rings. The molecular weight excluding hydrogens is 250 g/mol. The third-order valence-corrected chi connectivity index (χ3v) is 4.65. The fourth-order valence-electron chi connectivity index (χ4n) is 3.15. The van der Waals surface area contributed by atoms with Gasteiger partial charge in [-0.25, -0.2) is 0 Å². The summed E-state index contributed by atoms with van der Waals surface area (Å²) in [6.45, 7) is 9.09. The fraction of sp³-hybridized carbons (Fsp3) is 0.647. The minimum Gasteiger partial charge on any atom is -0.493 e. The van der Waals surface area contributed by atoms with Crippen molar-refractivity contribution in [1.29, 1.82) is 0 Å². The Labute approximate surface area is 122 Å². The second-order valence-electron chi connectivity index (χ2n) is 5.78. The SMILES string of the molecule is CCOc1ccccc1C(O)C(C)(CC)N1CCCC1. The molecule has 0 radical (unpaired) electrons. The summed E-state index contributed by atoms with van der Waals surface area (Å²) in [7, 11) is 0. The van der Waals surface area contributed by atoms with Gasteiger partial charge in [0.05, 0.1) is 6.61 Å². The van der Waals surface area contributed by atoms with Crippen molar-refractivity contribution in [1.82, 2.24) is 4.90 Å². The molecule has 0 aliphatic carbocycles. The van der Waals surface area contributed by atoms with Crippen LogP contribution in [0.25, 0.3) is 0 Å².